The Hall–Kier alpha value is -1.62. The van der Waals surface area contributed by atoms with Crippen molar-refractivity contribution in [3.63, 3.8) is 0 Å². The number of hydrogen-bond donors (Lipinski definition) is 2. The summed E-state index contributed by atoms with van der Waals surface area (Å²) in [6.45, 7) is 2.30. The van der Waals surface area contributed by atoms with Gasteiger partial charge in [-0.25, -0.2) is 0 Å². The van der Waals surface area contributed by atoms with Crippen LogP contribution < -0.4 is 5.73 Å². The molecule has 0 aliphatic carbocycles. The monoisotopic (exact) mass is 252 g/mol. The van der Waals surface area contributed by atoms with Gasteiger partial charge in [0.2, 0.25) is 0 Å². The van der Waals surface area contributed by atoms with Gasteiger partial charge in [0.25, 0.3) is 5.91 Å². The first kappa shape index (κ1) is 13.4. The molecule has 0 aliphatic heterocycles. The largest absolute Gasteiger partial charge is 0.507 e. The number of rotatable bonds is 4. The SMILES string of the molecule is Cc1ccc(C(=O)N(C)CCC(N)=S)c(O)c1. The molecular formula is C12H16N2O2S. The minimum atomic E-state index is -0.237. The summed E-state index contributed by atoms with van der Waals surface area (Å²) < 4.78 is 0. The molecule has 0 spiro atoms. The molecular weight excluding hydrogens is 236 g/mol. The quantitative estimate of drug-likeness (QED) is 0.796. The van der Waals surface area contributed by atoms with E-state index in [-0.39, 0.29) is 11.7 Å². The Morgan fingerprint density at radius 3 is 2.71 bits per heavy atom. The van der Waals surface area contributed by atoms with Crippen molar-refractivity contribution in [1.29, 1.82) is 0 Å². The molecule has 0 bridgehead atoms. The Balaban J connectivity index is 2.78. The van der Waals surface area contributed by atoms with Crippen LogP contribution in [0.2, 0.25) is 0 Å². The normalized spacial score (nSPS) is 10.0. The molecule has 1 aromatic rings. The maximum atomic E-state index is 12.0. The highest BCUT2D eigenvalue weighted by Gasteiger charge is 2.15. The first-order valence-corrected chi connectivity index (χ1v) is 5.66. The van der Waals surface area contributed by atoms with Gasteiger partial charge in [0.15, 0.2) is 0 Å². The third kappa shape index (κ3) is 3.71. The zero-order valence-corrected chi connectivity index (χ0v) is 10.8. The van der Waals surface area contributed by atoms with Crippen LogP contribution in [-0.2, 0) is 0 Å². The lowest BCUT2D eigenvalue weighted by Crippen LogP contribution is -2.30. The third-order valence-corrected chi connectivity index (χ3v) is 2.63. The van der Waals surface area contributed by atoms with Crippen LogP contribution in [0.25, 0.3) is 0 Å². The van der Waals surface area contributed by atoms with E-state index in [2.05, 4.69) is 0 Å². The molecule has 0 aromatic heterocycles. The summed E-state index contributed by atoms with van der Waals surface area (Å²) in [6.07, 6.45) is 0.476. The van der Waals surface area contributed by atoms with Crippen molar-refractivity contribution >= 4 is 23.1 Å². The summed E-state index contributed by atoms with van der Waals surface area (Å²) in [5.74, 6) is -0.240. The van der Waals surface area contributed by atoms with Gasteiger partial charge in [0.1, 0.15) is 5.75 Å². The number of aryl methyl sites for hydroxylation is 1. The van der Waals surface area contributed by atoms with Gasteiger partial charge in [-0.05, 0) is 24.6 Å². The van der Waals surface area contributed by atoms with Crippen LogP contribution in [-0.4, -0.2) is 34.5 Å². The lowest BCUT2D eigenvalue weighted by molar-refractivity contribution is 0.0796. The van der Waals surface area contributed by atoms with E-state index in [9.17, 15) is 9.90 Å². The number of nitrogens with two attached hydrogens (primary N) is 1. The fourth-order valence-electron chi connectivity index (χ4n) is 1.41. The van der Waals surface area contributed by atoms with Crippen molar-refractivity contribution in [3.8, 4) is 5.75 Å². The van der Waals surface area contributed by atoms with Crippen molar-refractivity contribution in [2.24, 2.45) is 5.73 Å². The van der Waals surface area contributed by atoms with Gasteiger partial charge in [-0.15, -0.1) is 0 Å². The molecule has 0 unspecified atom stereocenters. The van der Waals surface area contributed by atoms with Gasteiger partial charge in [-0.3, -0.25) is 4.79 Å². The number of carbonyl (C=O) groups excluding carboxylic acids is 1. The molecule has 92 valence electrons. The number of thiocarbonyl (C=S) groups is 1. The minimum Gasteiger partial charge on any atom is -0.507 e. The molecule has 0 saturated carbocycles. The number of nitrogens with zero attached hydrogens (tertiary/aromatic N) is 1. The Morgan fingerprint density at radius 1 is 1.53 bits per heavy atom. The average molecular weight is 252 g/mol. The van der Waals surface area contributed by atoms with E-state index in [0.29, 0.717) is 23.5 Å². The van der Waals surface area contributed by atoms with E-state index < -0.39 is 0 Å². The molecule has 1 amide bonds. The highest BCUT2D eigenvalue weighted by atomic mass is 32.1. The van der Waals surface area contributed by atoms with Crippen LogP contribution in [0.3, 0.4) is 0 Å². The second-order valence-electron chi connectivity index (χ2n) is 3.96. The first-order chi connectivity index (χ1) is 7.91. The molecule has 3 N–H and O–H groups in total. The lowest BCUT2D eigenvalue weighted by Gasteiger charge is -2.17. The summed E-state index contributed by atoms with van der Waals surface area (Å²) in [6, 6.07) is 4.97. The van der Waals surface area contributed by atoms with Crippen LogP contribution in [0.1, 0.15) is 22.3 Å². The van der Waals surface area contributed by atoms with Gasteiger partial charge in [0, 0.05) is 20.0 Å². The Labute approximate surface area is 106 Å². The zero-order chi connectivity index (χ0) is 13.0. The molecule has 0 aliphatic rings. The molecule has 1 aromatic carbocycles. The maximum Gasteiger partial charge on any atom is 0.257 e. The molecule has 0 heterocycles. The van der Waals surface area contributed by atoms with Crippen molar-refractivity contribution < 1.29 is 9.90 Å². The highest BCUT2D eigenvalue weighted by Crippen LogP contribution is 2.19. The fraction of sp³-hybridized carbons (Fsp3) is 0.333. The van der Waals surface area contributed by atoms with Crippen LogP contribution >= 0.6 is 12.2 Å². The number of phenols is 1. The Morgan fingerprint density at radius 2 is 2.18 bits per heavy atom. The standard InChI is InChI=1S/C12H16N2O2S/c1-8-3-4-9(10(15)7-8)12(16)14(2)6-5-11(13)17/h3-4,7,15H,5-6H2,1-2H3,(H2,13,17). The number of amides is 1. The van der Waals surface area contributed by atoms with E-state index in [4.69, 9.17) is 18.0 Å². The minimum absolute atomic E-state index is 0.00262. The maximum absolute atomic E-state index is 12.0. The molecule has 0 saturated heterocycles. The van der Waals surface area contributed by atoms with E-state index >= 15 is 0 Å². The molecule has 1 rings (SSSR count). The van der Waals surface area contributed by atoms with Crippen molar-refractivity contribution in [1.82, 2.24) is 4.90 Å². The Kier molecular flexibility index (Phi) is 4.45. The van der Waals surface area contributed by atoms with Gasteiger partial charge >= 0.3 is 0 Å². The van der Waals surface area contributed by atoms with Crippen molar-refractivity contribution in [2.45, 2.75) is 13.3 Å². The molecule has 0 radical (unpaired) electrons. The molecule has 17 heavy (non-hydrogen) atoms. The van der Waals surface area contributed by atoms with E-state index in [1.54, 1.807) is 25.2 Å². The summed E-state index contributed by atoms with van der Waals surface area (Å²) in [4.78, 5) is 13.8. The van der Waals surface area contributed by atoms with Gasteiger partial charge in [-0.2, -0.15) is 0 Å². The van der Waals surface area contributed by atoms with Gasteiger partial charge in [-0.1, -0.05) is 18.3 Å². The number of benzene rings is 1. The second-order valence-corrected chi connectivity index (χ2v) is 4.49. The zero-order valence-electron chi connectivity index (χ0n) is 9.93. The van der Waals surface area contributed by atoms with Crippen molar-refractivity contribution in [2.75, 3.05) is 13.6 Å². The molecule has 0 fully saturated rings. The third-order valence-electron chi connectivity index (χ3n) is 2.42. The lowest BCUT2D eigenvalue weighted by atomic mass is 10.1. The summed E-state index contributed by atoms with van der Waals surface area (Å²) in [7, 11) is 1.65. The summed E-state index contributed by atoms with van der Waals surface area (Å²) >= 11 is 4.75. The predicted octanol–water partition coefficient (Wildman–Crippen LogP) is 1.45. The number of carbonyl (C=O) groups is 1. The number of phenolic OH excluding ortho intramolecular Hbond substituents is 1. The van der Waals surface area contributed by atoms with Crippen molar-refractivity contribution in [3.05, 3.63) is 29.3 Å². The van der Waals surface area contributed by atoms with Crippen LogP contribution in [0.4, 0.5) is 0 Å². The highest BCUT2D eigenvalue weighted by molar-refractivity contribution is 7.80. The average Bonchev–Trinajstić information content (AvgIpc) is 2.25. The topological polar surface area (TPSA) is 66.6 Å². The van der Waals surface area contributed by atoms with Crippen LogP contribution in [0.5, 0.6) is 5.75 Å². The van der Waals surface area contributed by atoms with Gasteiger partial charge < -0.3 is 15.7 Å². The Bertz CT molecular complexity index is 446. The molecule has 4 nitrogen and oxygen atoms in total. The second kappa shape index (κ2) is 5.63. The summed E-state index contributed by atoms with van der Waals surface area (Å²) in [5, 5.41) is 9.69. The molecule has 0 atom stereocenters. The van der Waals surface area contributed by atoms with Crippen LogP contribution in [0, 0.1) is 6.92 Å². The van der Waals surface area contributed by atoms with E-state index in [1.165, 1.54) is 4.90 Å². The summed E-state index contributed by atoms with van der Waals surface area (Å²) in [5.41, 5.74) is 6.57. The number of hydrogen-bond acceptors (Lipinski definition) is 3. The van der Waals surface area contributed by atoms with Crippen LogP contribution in [0.15, 0.2) is 18.2 Å². The first-order valence-electron chi connectivity index (χ1n) is 5.25. The fourth-order valence-corrected chi connectivity index (χ4v) is 1.50. The smallest absolute Gasteiger partial charge is 0.257 e. The molecule has 5 heteroatoms. The van der Waals surface area contributed by atoms with Gasteiger partial charge in [0.05, 0.1) is 10.6 Å². The van der Waals surface area contributed by atoms with E-state index in [0.717, 1.165) is 5.56 Å². The number of aromatic hydroxyl groups is 1. The predicted molar refractivity (Wildman–Crippen MR) is 71.2 cm³/mol. The van der Waals surface area contributed by atoms with E-state index in [1.807, 2.05) is 6.92 Å².